The van der Waals surface area contributed by atoms with Gasteiger partial charge in [-0.25, -0.2) is 4.79 Å². The molecule has 0 bridgehead atoms. The summed E-state index contributed by atoms with van der Waals surface area (Å²) in [6.07, 6.45) is -20.7. The molecule has 328 valence electrons. The number of rotatable bonds is 22. The van der Waals surface area contributed by atoms with Crippen LogP contribution in [0.15, 0.2) is 5.11 Å². The summed E-state index contributed by atoms with van der Waals surface area (Å²) in [6, 6.07) is -3.07. The summed E-state index contributed by atoms with van der Waals surface area (Å²) in [5.74, 6) is -6.07. The van der Waals surface area contributed by atoms with Gasteiger partial charge in [0.15, 0.2) is 12.6 Å². The Morgan fingerprint density at radius 1 is 0.912 bits per heavy atom. The molecule has 0 radical (unpaired) electrons. The Morgan fingerprint density at radius 3 is 2.07 bits per heavy atom. The molecule has 3 rings (SSSR count). The van der Waals surface area contributed by atoms with Crippen LogP contribution in [-0.2, 0) is 47.5 Å². The number of nitrogens with zero attached hydrogens (tertiary/aromatic N) is 3. The molecule has 24 nitrogen and oxygen atoms in total. The van der Waals surface area contributed by atoms with E-state index in [0.717, 1.165) is 26.2 Å². The van der Waals surface area contributed by atoms with Gasteiger partial charge in [0.05, 0.1) is 39.1 Å². The smallest absolute Gasteiger partial charge is 0.364 e. The van der Waals surface area contributed by atoms with E-state index in [9.17, 15) is 71.0 Å². The van der Waals surface area contributed by atoms with Gasteiger partial charge >= 0.3 is 11.9 Å². The molecule has 1 amide bonds. The Balaban J connectivity index is 1.82. The van der Waals surface area contributed by atoms with E-state index in [4.69, 9.17) is 28.4 Å². The second-order valence-corrected chi connectivity index (χ2v) is 14.0. The molecule has 11 N–H and O–H groups in total. The first kappa shape index (κ1) is 48.5. The molecule has 57 heavy (non-hydrogen) atoms. The summed E-state index contributed by atoms with van der Waals surface area (Å²) in [7, 11) is 1.32. The highest BCUT2D eigenvalue weighted by Gasteiger charge is 2.60. The molecule has 24 heteroatoms. The van der Waals surface area contributed by atoms with Crippen molar-refractivity contribution in [2.24, 2.45) is 5.11 Å². The number of aliphatic hydroxyl groups excluding tert-OH is 9. The maximum atomic E-state index is 12.8. The van der Waals surface area contributed by atoms with Gasteiger partial charge < -0.3 is 89.5 Å². The second kappa shape index (κ2) is 23.1. The molecular formula is C33H56N4O20. The van der Waals surface area contributed by atoms with Gasteiger partial charge in [0, 0.05) is 31.3 Å². The molecular weight excluding hydrogens is 772 g/mol. The van der Waals surface area contributed by atoms with E-state index in [1.54, 1.807) is 0 Å². The summed E-state index contributed by atoms with van der Waals surface area (Å²) < 4.78 is 38.8. The fraction of sp³-hybridized carbons (Fsp3) is 0.909. The van der Waals surface area contributed by atoms with Crippen molar-refractivity contribution in [1.29, 1.82) is 0 Å². The second-order valence-electron chi connectivity index (χ2n) is 14.0. The lowest BCUT2D eigenvalue weighted by Gasteiger charge is -2.50. The number of nitrogens with one attached hydrogen (secondary N) is 1. The van der Waals surface area contributed by atoms with Crippen LogP contribution in [0.5, 0.6) is 0 Å². The van der Waals surface area contributed by atoms with Crippen LogP contribution in [0.2, 0.25) is 0 Å². The number of methoxy groups -OCH3 is 1. The largest absolute Gasteiger partial charge is 0.477 e. The fourth-order valence-corrected chi connectivity index (χ4v) is 6.84. The number of carbonyl (C=O) groups is 3. The van der Waals surface area contributed by atoms with Gasteiger partial charge in [-0.1, -0.05) is 30.8 Å². The lowest BCUT2D eigenvalue weighted by molar-refractivity contribution is -0.380. The van der Waals surface area contributed by atoms with Crippen molar-refractivity contribution in [2.75, 3.05) is 33.5 Å². The first-order valence-electron chi connectivity index (χ1n) is 18.6. The zero-order valence-electron chi connectivity index (χ0n) is 31.5. The number of carboxylic acids is 1. The van der Waals surface area contributed by atoms with E-state index in [1.807, 2.05) is 0 Å². The monoisotopic (exact) mass is 828 g/mol. The number of hydrogen-bond acceptors (Lipinski definition) is 20. The Kier molecular flexibility index (Phi) is 19.6. The summed E-state index contributed by atoms with van der Waals surface area (Å²) in [5.41, 5.74) is 9.41. The van der Waals surface area contributed by atoms with Crippen LogP contribution in [0.25, 0.3) is 10.4 Å². The normalized spacial score (nSPS) is 36.7. The average molecular weight is 829 g/mol. The number of azide groups is 1. The number of unbranched alkanes of at least 4 members (excludes halogenated alkanes) is 5. The van der Waals surface area contributed by atoms with Crippen LogP contribution < -0.4 is 5.32 Å². The minimum atomic E-state index is -3.06. The van der Waals surface area contributed by atoms with Crippen LogP contribution in [0.1, 0.15) is 58.3 Å². The topological polar surface area (TPSA) is 379 Å². The predicted octanol–water partition coefficient (Wildman–Crippen LogP) is -3.98. The van der Waals surface area contributed by atoms with Gasteiger partial charge in [-0.05, 0) is 18.4 Å². The first-order valence-corrected chi connectivity index (χ1v) is 18.6. The number of carbonyl (C=O) groups excluding carboxylic acids is 2. The molecule has 3 aliphatic heterocycles. The molecule has 3 aliphatic rings. The number of aliphatic hydroxyl groups is 9. The van der Waals surface area contributed by atoms with E-state index in [-0.39, 0.29) is 12.6 Å². The van der Waals surface area contributed by atoms with Crippen molar-refractivity contribution in [3.63, 3.8) is 0 Å². The van der Waals surface area contributed by atoms with Crippen molar-refractivity contribution in [3.05, 3.63) is 10.4 Å². The summed E-state index contributed by atoms with van der Waals surface area (Å²) in [4.78, 5) is 38.8. The summed E-state index contributed by atoms with van der Waals surface area (Å²) >= 11 is 0. The Hall–Kier alpha value is -2.88. The zero-order valence-corrected chi connectivity index (χ0v) is 31.5. The van der Waals surface area contributed by atoms with Crippen molar-refractivity contribution < 1.29 is 98.6 Å². The third kappa shape index (κ3) is 12.6. The first-order chi connectivity index (χ1) is 27.1. The Labute approximate surface area is 326 Å². The van der Waals surface area contributed by atoms with Gasteiger partial charge in [0.2, 0.25) is 5.91 Å². The number of carboxylic acid groups (broad SMARTS) is 1. The van der Waals surface area contributed by atoms with Gasteiger partial charge in [-0.15, -0.1) is 0 Å². The lowest BCUT2D eigenvalue weighted by Crippen LogP contribution is -2.70. The quantitative estimate of drug-likeness (QED) is 0.0163. The summed E-state index contributed by atoms with van der Waals surface area (Å²) in [5, 5.41) is 111. The highest BCUT2D eigenvalue weighted by molar-refractivity contribution is 5.76. The third-order valence-corrected chi connectivity index (χ3v) is 9.92. The van der Waals surface area contributed by atoms with Gasteiger partial charge in [-0.2, -0.15) is 0 Å². The molecule has 0 saturated carbocycles. The fourth-order valence-electron chi connectivity index (χ4n) is 6.84. The third-order valence-electron chi connectivity index (χ3n) is 9.92. The number of aliphatic carboxylic acids is 1. The van der Waals surface area contributed by atoms with Gasteiger partial charge in [-0.3, -0.25) is 9.59 Å². The van der Waals surface area contributed by atoms with E-state index in [1.165, 1.54) is 7.11 Å². The minimum Gasteiger partial charge on any atom is -0.477 e. The Bertz CT molecular complexity index is 1330. The van der Waals surface area contributed by atoms with Crippen LogP contribution in [0.3, 0.4) is 0 Å². The van der Waals surface area contributed by atoms with E-state index >= 15 is 0 Å². The summed E-state index contributed by atoms with van der Waals surface area (Å²) in [6.45, 7) is -1.72. The molecule has 0 unspecified atom stereocenters. The molecule has 0 spiro atoms. The van der Waals surface area contributed by atoms with Crippen molar-refractivity contribution >= 4 is 17.8 Å². The highest BCUT2D eigenvalue weighted by Crippen LogP contribution is 2.38. The standard InChI is InChI=1S/C33H56N4O20/c1-15(41)35-21-16(42)11-33(32(49)50,56-28(21)23(45)17(43)12-38)57-29-25(47)19(14-40)54-31(26(29)48)55-27-22(36-37-34)30(53-18(13-39)24(27)46)52-10-8-6-4-3-5-7-9-20(44)51-2/h16-19,21-31,38-40,42-43,45-48H,3-14H2,1-2H3,(H,35,41)(H,49,50)/t16-,17+,18+,19+,21+,22+,23+,24+,25-,26+,27+,28+,29-,30+,31-,33-/m0/s1. The van der Waals surface area contributed by atoms with Crippen molar-refractivity contribution in [3.8, 4) is 0 Å². The minimum absolute atomic E-state index is 0.0689. The highest BCUT2D eigenvalue weighted by atomic mass is 16.8. The SMILES string of the molecule is COC(=O)CCCCCCCCO[C@@H]1O[C@H](CO)[C@@H](O)[C@H](O[C@@H]2O[C@H](CO)[C@H](O)[C@H](O[C@]3(C(=O)O)C[C@H](O)[C@@H](NC(C)=O)[C@H]([C@H](O)[C@H](O)CO)O3)[C@H]2O)[C@H]1N=[N+]=[N-]. The number of hydrogen-bond donors (Lipinski definition) is 11. The van der Waals surface area contributed by atoms with Crippen molar-refractivity contribution in [1.82, 2.24) is 5.32 Å². The lowest BCUT2D eigenvalue weighted by atomic mass is 9.88. The van der Waals surface area contributed by atoms with E-state index in [2.05, 4.69) is 20.1 Å². The molecule has 0 aromatic rings. The van der Waals surface area contributed by atoms with Gasteiger partial charge in [0.25, 0.3) is 5.79 Å². The molecule has 16 atom stereocenters. The maximum Gasteiger partial charge on any atom is 0.364 e. The molecule has 0 aromatic heterocycles. The molecule has 3 heterocycles. The van der Waals surface area contributed by atoms with Crippen molar-refractivity contribution in [2.45, 2.75) is 156 Å². The average Bonchev–Trinajstić information content (AvgIpc) is 3.18. The van der Waals surface area contributed by atoms with E-state index in [0.29, 0.717) is 25.7 Å². The van der Waals surface area contributed by atoms with Gasteiger partial charge in [0.1, 0.15) is 67.1 Å². The maximum absolute atomic E-state index is 12.8. The van der Waals surface area contributed by atoms with Crippen LogP contribution in [0, 0.1) is 0 Å². The molecule has 3 saturated heterocycles. The number of ether oxygens (including phenoxy) is 7. The molecule has 0 aliphatic carbocycles. The number of esters is 1. The number of amides is 1. The predicted molar refractivity (Wildman–Crippen MR) is 185 cm³/mol. The zero-order chi connectivity index (χ0) is 42.4. The Morgan fingerprint density at radius 2 is 1.51 bits per heavy atom. The molecule has 3 fully saturated rings. The molecule has 0 aromatic carbocycles. The van der Waals surface area contributed by atoms with E-state index < -0.39 is 136 Å². The van der Waals surface area contributed by atoms with Crippen LogP contribution >= 0.6 is 0 Å². The van der Waals surface area contributed by atoms with Crippen LogP contribution in [0.4, 0.5) is 0 Å². The van der Waals surface area contributed by atoms with Crippen LogP contribution in [-0.4, -0.2) is 200 Å².